The van der Waals surface area contributed by atoms with E-state index in [9.17, 15) is 13.2 Å². The predicted molar refractivity (Wildman–Crippen MR) is 101 cm³/mol. The molecule has 1 unspecified atom stereocenters. The summed E-state index contributed by atoms with van der Waals surface area (Å²) in [5, 5.41) is 0. The monoisotopic (exact) mass is 374 g/mol. The highest BCUT2D eigenvalue weighted by Gasteiger charge is 2.36. The Bertz CT molecular complexity index is 969. The summed E-state index contributed by atoms with van der Waals surface area (Å²) >= 11 is 0. The number of anilines is 1. The maximum absolute atomic E-state index is 13.0. The number of nitrogen functional groups attached to an aromatic ring is 1. The maximum atomic E-state index is 13.0. The second-order valence-corrected chi connectivity index (χ2v) is 8.84. The smallest absolute Gasteiger partial charge is 0.257 e. The molecule has 1 amide bonds. The molecule has 0 saturated heterocycles. The van der Waals surface area contributed by atoms with Crippen LogP contribution >= 0.6 is 0 Å². The number of hydrogen-bond acceptors (Lipinski definition) is 5. The van der Waals surface area contributed by atoms with Crippen LogP contribution in [0, 0.1) is 6.92 Å². The van der Waals surface area contributed by atoms with Gasteiger partial charge in [-0.25, -0.2) is 8.42 Å². The molecule has 1 aliphatic rings. The fourth-order valence-electron chi connectivity index (χ4n) is 3.36. The lowest BCUT2D eigenvalue weighted by atomic mass is 10.0. The Morgan fingerprint density at radius 1 is 1.27 bits per heavy atom. The minimum Gasteiger partial charge on any atom is -0.496 e. The molecule has 2 N–H and O–H groups in total. The zero-order valence-electron chi connectivity index (χ0n) is 15.0. The third-order valence-electron chi connectivity index (χ3n) is 4.65. The molecule has 0 radical (unpaired) electrons. The molecule has 6 nitrogen and oxygen atoms in total. The highest BCUT2D eigenvalue weighted by molar-refractivity contribution is 7.90. The molecule has 1 heterocycles. The van der Waals surface area contributed by atoms with E-state index in [1.54, 1.807) is 30.2 Å². The Hall–Kier alpha value is -2.54. The van der Waals surface area contributed by atoms with E-state index in [1.165, 1.54) is 6.26 Å². The van der Waals surface area contributed by atoms with Crippen LogP contribution in [0.1, 0.15) is 33.1 Å². The highest BCUT2D eigenvalue weighted by atomic mass is 32.2. The van der Waals surface area contributed by atoms with Gasteiger partial charge in [0.15, 0.2) is 0 Å². The number of sulfone groups is 1. The summed E-state index contributed by atoms with van der Waals surface area (Å²) in [5.41, 5.74) is 9.32. The lowest BCUT2D eigenvalue weighted by Gasteiger charge is -2.28. The summed E-state index contributed by atoms with van der Waals surface area (Å²) in [5.74, 6) is 0.245. The minimum atomic E-state index is -3.33. The molecule has 2 aromatic carbocycles. The largest absolute Gasteiger partial charge is 0.496 e. The van der Waals surface area contributed by atoms with Crippen LogP contribution in [0.3, 0.4) is 0 Å². The van der Waals surface area contributed by atoms with Gasteiger partial charge in [0.2, 0.25) is 0 Å². The number of nitrogens with two attached hydrogens (primary N) is 1. The Labute approximate surface area is 153 Å². The molecule has 0 bridgehead atoms. The number of hydrogen-bond donors (Lipinski definition) is 1. The minimum absolute atomic E-state index is 0.168. The van der Waals surface area contributed by atoms with Gasteiger partial charge in [-0.05, 0) is 35.7 Å². The molecule has 0 aliphatic carbocycles. The molecule has 7 heteroatoms. The summed E-state index contributed by atoms with van der Waals surface area (Å²) in [4.78, 5) is 14.5. The van der Waals surface area contributed by atoms with Gasteiger partial charge in [-0.15, -0.1) is 0 Å². The van der Waals surface area contributed by atoms with Gasteiger partial charge in [-0.1, -0.05) is 24.3 Å². The Kier molecular flexibility index (Phi) is 4.66. The Balaban J connectivity index is 2.06. The van der Waals surface area contributed by atoms with Crippen molar-refractivity contribution >= 4 is 21.4 Å². The van der Waals surface area contributed by atoms with Gasteiger partial charge in [0, 0.05) is 18.5 Å². The molecule has 1 aliphatic heterocycles. The third kappa shape index (κ3) is 3.39. The number of ether oxygens (including phenoxy) is 1. The quantitative estimate of drug-likeness (QED) is 0.811. The Morgan fingerprint density at radius 3 is 2.62 bits per heavy atom. The van der Waals surface area contributed by atoms with E-state index in [1.807, 2.05) is 25.1 Å². The lowest BCUT2D eigenvalue weighted by molar-refractivity contribution is 0.0719. The van der Waals surface area contributed by atoms with Crippen LogP contribution in [0.5, 0.6) is 5.75 Å². The van der Waals surface area contributed by atoms with E-state index >= 15 is 0 Å². The first kappa shape index (κ1) is 18.3. The number of carbonyl (C=O) groups excluding carboxylic acids is 1. The van der Waals surface area contributed by atoms with E-state index in [0.29, 0.717) is 23.5 Å². The van der Waals surface area contributed by atoms with Crippen LogP contribution in [0.4, 0.5) is 5.69 Å². The topological polar surface area (TPSA) is 89.7 Å². The number of aryl methyl sites for hydroxylation is 1. The van der Waals surface area contributed by atoms with Crippen LogP contribution in [0.2, 0.25) is 0 Å². The molecule has 0 fully saturated rings. The van der Waals surface area contributed by atoms with Crippen LogP contribution in [-0.4, -0.2) is 38.3 Å². The number of amides is 1. The van der Waals surface area contributed by atoms with Gasteiger partial charge in [0.1, 0.15) is 15.6 Å². The number of benzene rings is 2. The van der Waals surface area contributed by atoms with E-state index in [2.05, 4.69) is 0 Å². The SMILES string of the molecule is COc1cc(C(CS(C)(=O)=O)N2Cc3cccc(N)c3C2=O)ccc1C. The summed E-state index contributed by atoms with van der Waals surface area (Å²) < 4.78 is 29.5. The summed E-state index contributed by atoms with van der Waals surface area (Å²) in [6.45, 7) is 2.24. The Morgan fingerprint density at radius 2 is 2.00 bits per heavy atom. The first-order chi connectivity index (χ1) is 12.2. The van der Waals surface area contributed by atoms with E-state index in [0.717, 1.165) is 16.7 Å². The fourth-order valence-corrected chi connectivity index (χ4v) is 4.31. The van der Waals surface area contributed by atoms with Gasteiger partial charge >= 0.3 is 0 Å². The first-order valence-electron chi connectivity index (χ1n) is 8.22. The highest BCUT2D eigenvalue weighted by Crippen LogP contribution is 2.36. The molecule has 1 atom stereocenters. The molecule has 0 spiro atoms. The van der Waals surface area contributed by atoms with Crippen molar-refractivity contribution in [2.45, 2.75) is 19.5 Å². The third-order valence-corrected chi connectivity index (χ3v) is 5.57. The number of carbonyl (C=O) groups is 1. The normalized spacial score (nSPS) is 15.0. The van der Waals surface area contributed by atoms with Crippen molar-refractivity contribution in [2.24, 2.45) is 0 Å². The van der Waals surface area contributed by atoms with Crippen molar-refractivity contribution in [1.29, 1.82) is 0 Å². The molecule has 3 rings (SSSR count). The van der Waals surface area contributed by atoms with E-state index < -0.39 is 15.9 Å². The van der Waals surface area contributed by atoms with Gasteiger partial charge in [0.25, 0.3) is 5.91 Å². The molecule has 26 heavy (non-hydrogen) atoms. The van der Waals surface area contributed by atoms with Crippen molar-refractivity contribution in [3.05, 3.63) is 58.7 Å². The van der Waals surface area contributed by atoms with E-state index in [4.69, 9.17) is 10.5 Å². The molecule has 2 aromatic rings. The molecule has 138 valence electrons. The molecule has 0 saturated carbocycles. The lowest BCUT2D eigenvalue weighted by Crippen LogP contribution is -2.33. The summed E-state index contributed by atoms with van der Waals surface area (Å²) in [6.07, 6.45) is 1.17. The zero-order valence-corrected chi connectivity index (χ0v) is 15.8. The predicted octanol–water partition coefficient (Wildman–Crippen LogP) is 2.33. The number of fused-ring (bicyclic) bond motifs is 1. The number of rotatable bonds is 5. The van der Waals surface area contributed by atoms with Gasteiger partial charge in [0.05, 0.1) is 24.5 Å². The van der Waals surface area contributed by atoms with Crippen LogP contribution in [0.25, 0.3) is 0 Å². The van der Waals surface area contributed by atoms with Crippen molar-refractivity contribution in [3.63, 3.8) is 0 Å². The van der Waals surface area contributed by atoms with Crippen molar-refractivity contribution in [3.8, 4) is 5.75 Å². The van der Waals surface area contributed by atoms with Crippen LogP contribution in [0.15, 0.2) is 36.4 Å². The summed E-state index contributed by atoms with van der Waals surface area (Å²) in [7, 11) is -1.76. The van der Waals surface area contributed by atoms with Gasteiger partial charge < -0.3 is 15.4 Å². The van der Waals surface area contributed by atoms with Crippen molar-refractivity contribution in [1.82, 2.24) is 4.90 Å². The van der Waals surface area contributed by atoms with Crippen molar-refractivity contribution < 1.29 is 17.9 Å². The molecular formula is C19H22N2O4S. The second-order valence-electron chi connectivity index (χ2n) is 6.65. The number of methoxy groups -OCH3 is 1. The van der Waals surface area contributed by atoms with Gasteiger partial charge in [-0.2, -0.15) is 0 Å². The van der Waals surface area contributed by atoms with E-state index in [-0.39, 0.29) is 11.7 Å². The molecule has 0 aromatic heterocycles. The average molecular weight is 374 g/mol. The second kappa shape index (κ2) is 6.64. The fraction of sp³-hybridized carbons (Fsp3) is 0.316. The number of nitrogens with zero attached hydrogens (tertiary/aromatic N) is 1. The standard InChI is InChI=1S/C19H22N2O4S/c1-12-7-8-13(9-17(12)25-2)16(11-26(3,23)24)21-10-14-5-4-6-15(20)18(14)19(21)22/h4-9,16H,10-11,20H2,1-3H3. The zero-order chi connectivity index (χ0) is 19.1. The van der Waals surface area contributed by atoms with Crippen molar-refractivity contribution in [2.75, 3.05) is 24.9 Å². The van der Waals surface area contributed by atoms with Gasteiger partial charge in [-0.3, -0.25) is 4.79 Å². The molecular weight excluding hydrogens is 352 g/mol. The summed E-state index contributed by atoms with van der Waals surface area (Å²) in [6, 6.07) is 10.2. The van der Waals surface area contributed by atoms with Crippen LogP contribution < -0.4 is 10.5 Å². The van der Waals surface area contributed by atoms with Crippen LogP contribution in [-0.2, 0) is 16.4 Å². The first-order valence-corrected chi connectivity index (χ1v) is 10.3. The maximum Gasteiger partial charge on any atom is 0.257 e. The average Bonchev–Trinajstić information content (AvgIpc) is 2.90.